The number of methoxy groups -OCH3 is 1. The minimum Gasteiger partial charge on any atom is -0.465 e. The Labute approximate surface area is 168 Å². The highest BCUT2D eigenvalue weighted by atomic mass is 16.5. The summed E-state index contributed by atoms with van der Waals surface area (Å²) in [5.74, 6) is 0.118. The molecule has 4 aliphatic carbocycles. The molecule has 0 unspecified atom stereocenters. The molecular weight excluding hydrogens is 372 g/mol. The quantitative estimate of drug-likeness (QED) is 0.467. The van der Waals surface area contributed by atoms with Crippen LogP contribution in [0, 0.1) is 35.5 Å². The van der Waals surface area contributed by atoms with Crippen LogP contribution < -0.4 is 5.32 Å². The summed E-state index contributed by atoms with van der Waals surface area (Å²) in [6.45, 7) is 0.103. The number of imide groups is 1. The largest absolute Gasteiger partial charge is 0.465 e. The molecule has 1 aromatic carbocycles. The molecule has 150 valence electrons. The Balaban J connectivity index is 1.20. The normalized spacial score (nSPS) is 33.3. The molecule has 1 N–H and O–H groups in total. The first-order valence-electron chi connectivity index (χ1n) is 10.0. The molecule has 1 heterocycles. The lowest BCUT2D eigenvalue weighted by Crippen LogP contribution is -2.40. The Morgan fingerprint density at radius 1 is 1.03 bits per heavy atom. The van der Waals surface area contributed by atoms with Crippen molar-refractivity contribution in [3.8, 4) is 0 Å². The van der Waals surface area contributed by atoms with Gasteiger partial charge >= 0.3 is 5.97 Å². The predicted octanol–water partition coefficient (Wildman–Crippen LogP) is 1.85. The highest BCUT2D eigenvalue weighted by molar-refractivity contribution is 6.06. The molecule has 0 spiro atoms. The lowest BCUT2D eigenvalue weighted by atomic mass is 9.63. The van der Waals surface area contributed by atoms with Crippen molar-refractivity contribution in [2.45, 2.75) is 12.8 Å². The molecule has 0 aromatic heterocycles. The Hall–Kier alpha value is -2.96. The van der Waals surface area contributed by atoms with Gasteiger partial charge in [-0.1, -0.05) is 12.2 Å². The second kappa shape index (κ2) is 6.54. The van der Waals surface area contributed by atoms with Crippen molar-refractivity contribution < 1.29 is 23.9 Å². The van der Waals surface area contributed by atoms with Gasteiger partial charge < -0.3 is 10.1 Å². The van der Waals surface area contributed by atoms with Gasteiger partial charge in [-0.15, -0.1) is 0 Å². The molecule has 3 fully saturated rings. The summed E-state index contributed by atoms with van der Waals surface area (Å²) in [6.07, 6.45) is 5.46. The molecule has 0 radical (unpaired) electrons. The number of ether oxygens (including phenoxy) is 1. The van der Waals surface area contributed by atoms with Crippen molar-refractivity contribution in [2.24, 2.45) is 35.5 Å². The Morgan fingerprint density at radius 2 is 1.62 bits per heavy atom. The lowest BCUT2D eigenvalue weighted by molar-refractivity contribution is -0.140. The molecule has 1 saturated heterocycles. The van der Waals surface area contributed by atoms with Crippen molar-refractivity contribution in [1.82, 2.24) is 4.90 Å². The number of allylic oxidation sites excluding steroid dienone is 2. The lowest BCUT2D eigenvalue weighted by Gasteiger charge is -2.37. The predicted molar refractivity (Wildman–Crippen MR) is 102 cm³/mol. The van der Waals surface area contributed by atoms with E-state index in [0.29, 0.717) is 23.1 Å². The van der Waals surface area contributed by atoms with E-state index in [1.165, 1.54) is 12.0 Å². The van der Waals surface area contributed by atoms with Crippen LogP contribution in [0.4, 0.5) is 5.69 Å². The zero-order chi connectivity index (χ0) is 20.3. The molecule has 1 aromatic rings. The van der Waals surface area contributed by atoms with Crippen LogP contribution in [0.3, 0.4) is 0 Å². The fourth-order valence-electron chi connectivity index (χ4n) is 5.48. The highest BCUT2D eigenvalue weighted by Gasteiger charge is 2.66. The number of esters is 1. The Kier molecular flexibility index (Phi) is 4.08. The van der Waals surface area contributed by atoms with Crippen molar-refractivity contribution in [3.63, 3.8) is 0 Å². The average Bonchev–Trinajstić information content (AvgIpc) is 3.51. The number of benzene rings is 1. The molecule has 1 aliphatic heterocycles. The summed E-state index contributed by atoms with van der Waals surface area (Å²) >= 11 is 0. The van der Waals surface area contributed by atoms with Crippen molar-refractivity contribution in [1.29, 1.82) is 0 Å². The maximum absolute atomic E-state index is 12.9. The van der Waals surface area contributed by atoms with Gasteiger partial charge in [-0.05, 0) is 54.4 Å². The minimum atomic E-state index is -0.448. The molecule has 7 heteroatoms. The topological polar surface area (TPSA) is 92.8 Å². The first kappa shape index (κ1) is 18.1. The molecule has 6 atom stereocenters. The first-order chi connectivity index (χ1) is 14.0. The second-order valence-corrected chi connectivity index (χ2v) is 8.35. The highest BCUT2D eigenvalue weighted by Crippen LogP contribution is 2.65. The van der Waals surface area contributed by atoms with E-state index in [0.717, 1.165) is 6.42 Å². The summed E-state index contributed by atoms with van der Waals surface area (Å²) in [5.41, 5.74) is 0.931. The SMILES string of the molecule is COC(=O)c1ccc(NC(=O)CCN2C(=O)[C@@H]3[C@@H]4C=C[C@H]([C@H]5C[C@H]45)[C@@H]3C2=O)cc1. The molecule has 6 rings (SSSR count). The number of nitrogens with zero attached hydrogens (tertiary/aromatic N) is 1. The molecule has 29 heavy (non-hydrogen) atoms. The van der Waals surface area contributed by atoms with Crippen LogP contribution in [0.2, 0.25) is 0 Å². The number of nitrogens with one attached hydrogen (secondary N) is 1. The van der Waals surface area contributed by atoms with Crippen molar-refractivity contribution in [2.75, 3.05) is 19.0 Å². The van der Waals surface area contributed by atoms with Gasteiger partial charge in [0.1, 0.15) is 0 Å². The van der Waals surface area contributed by atoms with Gasteiger partial charge in [0.25, 0.3) is 0 Å². The third-order valence-corrected chi connectivity index (χ3v) is 6.91. The Morgan fingerprint density at radius 3 is 2.17 bits per heavy atom. The van der Waals surface area contributed by atoms with E-state index in [2.05, 4.69) is 22.2 Å². The van der Waals surface area contributed by atoms with Crippen LogP contribution in [0.15, 0.2) is 36.4 Å². The average molecular weight is 394 g/mol. The summed E-state index contributed by atoms with van der Waals surface area (Å²) < 4.78 is 4.64. The smallest absolute Gasteiger partial charge is 0.337 e. The zero-order valence-corrected chi connectivity index (χ0v) is 16.0. The molecule has 7 nitrogen and oxygen atoms in total. The molecular formula is C22H22N2O5. The number of likely N-dealkylation sites (tertiary alicyclic amines) is 1. The van der Waals surface area contributed by atoms with Gasteiger partial charge in [-0.25, -0.2) is 4.79 Å². The second-order valence-electron chi connectivity index (χ2n) is 8.35. The number of carbonyl (C=O) groups excluding carboxylic acids is 4. The fourth-order valence-corrected chi connectivity index (χ4v) is 5.48. The number of hydrogen-bond donors (Lipinski definition) is 1. The number of hydrogen-bond acceptors (Lipinski definition) is 5. The van der Waals surface area contributed by atoms with Crippen LogP contribution in [0.5, 0.6) is 0 Å². The fraction of sp³-hybridized carbons (Fsp3) is 0.455. The van der Waals surface area contributed by atoms with Crippen molar-refractivity contribution in [3.05, 3.63) is 42.0 Å². The van der Waals surface area contributed by atoms with Gasteiger partial charge in [0.05, 0.1) is 24.5 Å². The van der Waals surface area contributed by atoms with Gasteiger partial charge in [0.2, 0.25) is 17.7 Å². The summed E-state index contributed by atoms with van der Waals surface area (Å²) in [5, 5.41) is 2.73. The summed E-state index contributed by atoms with van der Waals surface area (Å²) in [4.78, 5) is 50.9. The number of rotatable bonds is 5. The van der Waals surface area contributed by atoms with Crippen LogP contribution in [0.25, 0.3) is 0 Å². The number of anilines is 1. The summed E-state index contributed by atoms with van der Waals surface area (Å²) in [6, 6.07) is 6.35. The maximum Gasteiger partial charge on any atom is 0.337 e. The van der Waals surface area contributed by atoms with Gasteiger partial charge in [0, 0.05) is 18.7 Å². The van der Waals surface area contributed by atoms with Crippen LogP contribution in [-0.4, -0.2) is 42.2 Å². The van der Waals surface area contributed by atoms with Crippen molar-refractivity contribution >= 4 is 29.4 Å². The first-order valence-corrected chi connectivity index (χ1v) is 10.0. The maximum atomic E-state index is 12.9. The van der Waals surface area contributed by atoms with Crippen LogP contribution in [0.1, 0.15) is 23.2 Å². The van der Waals surface area contributed by atoms with E-state index in [1.54, 1.807) is 24.3 Å². The van der Waals surface area contributed by atoms with E-state index >= 15 is 0 Å². The summed E-state index contributed by atoms with van der Waals surface area (Å²) in [7, 11) is 1.31. The van der Waals surface area contributed by atoms with Gasteiger partial charge in [0.15, 0.2) is 0 Å². The number of amides is 3. The van der Waals surface area contributed by atoms with Crippen LogP contribution in [-0.2, 0) is 19.1 Å². The minimum absolute atomic E-state index is 0.0469. The third-order valence-electron chi connectivity index (χ3n) is 6.91. The van der Waals surface area contributed by atoms with E-state index < -0.39 is 5.97 Å². The molecule has 5 aliphatic rings. The van der Waals surface area contributed by atoms with Gasteiger partial charge in [-0.2, -0.15) is 0 Å². The van der Waals surface area contributed by atoms with E-state index in [1.807, 2.05) is 0 Å². The Bertz CT molecular complexity index is 901. The molecule has 2 bridgehead atoms. The van der Waals surface area contributed by atoms with E-state index in [9.17, 15) is 19.2 Å². The number of carbonyl (C=O) groups is 4. The van der Waals surface area contributed by atoms with Crippen LogP contribution >= 0.6 is 0 Å². The standard InChI is InChI=1S/C22H22N2O5/c1-29-22(28)11-2-4-12(5-3-11)23-17(25)8-9-24-20(26)18-13-6-7-14(16-10-15(13)16)19(18)21(24)27/h2-7,13-16,18-19H,8-10H2,1H3,(H,23,25)/t13-,14-,15-,16-,18-,19+/m1/s1. The van der Waals surface area contributed by atoms with E-state index in [4.69, 9.17) is 0 Å². The molecule has 3 amide bonds. The molecule has 2 saturated carbocycles. The monoisotopic (exact) mass is 394 g/mol. The zero-order valence-electron chi connectivity index (χ0n) is 16.0. The third kappa shape index (κ3) is 2.79. The van der Waals surface area contributed by atoms with Gasteiger partial charge in [-0.3, -0.25) is 19.3 Å². The van der Waals surface area contributed by atoms with E-state index in [-0.39, 0.29) is 54.4 Å².